The van der Waals surface area contributed by atoms with E-state index in [2.05, 4.69) is 5.32 Å². The molecule has 2 heterocycles. The van der Waals surface area contributed by atoms with Crippen LogP contribution in [0.2, 0.25) is 0 Å². The molecule has 0 aromatic heterocycles. The van der Waals surface area contributed by atoms with E-state index >= 15 is 0 Å². The average Bonchev–Trinajstić information content (AvgIpc) is 2.57. The lowest BCUT2D eigenvalue weighted by molar-refractivity contribution is -0.101. The number of halogens is 2. The van der Waals surface area contributed by atoms with E-state index in [4.69, 9.17) is 9.47 Å². The Kier molecular flexibility index (Phi) is 3.81. The number of carbonyl (C=O) groups is 1. The van der Waals surface area contributed by atoms with Gasteiger partial charge in [-0.3, -0.25) is 0 Å². The molecule has 3 aliphatic rings. The van der Waals surface area contributed by atoms with Gasteiger partial charge in [0, 0.05) is 25.1 Å². The first-order valence-electron chi connectivity index (χ1n) is 7.18. The molecule has 3 rings (SSSR count). The number of ether oxygens (including phenoxy) is 2. The monoisotopic (exact) mass is 290 g/mol. The number of fused-ring (bicyclic) bond motifs is 1. The van der Waals surface area contributed by atoms with Gasteiger partial charge in [-0.2, -0.15) is 0 Å². The highest BCUT2D eigenvalue weighted by atomic mass is 19.3. The number of nitrogens with zero attached hydrogens (tertiary/aromatic N) is 1. The van der Waals surface area contributed by atoms with E-state index in [-0.39, 0.29) is 25.3 Å². The summed E-state index contributed by atoms with van der Waals surface area (Å²) < 4.78 is 37.2. The van der Waals surface area contributed by atoms with Crippen molar-refractivity contribution in [3.05, 3.63) is 0 Å². The highest BCUT2D eigenvalue weighted by Crippen LogP contribution is 2.37. The number of amides is 2. The van der Waals surface area contributed by atoms with Gasteiger partial charge in [0.15, 0.2) is 0 Å². The van der Waals surface area contributed by atoms with Gasteiger partial charge in [-0.1, -0.05) is 0 Å². The van der Waals surface area contributed by atoms with Gasteiger partial charge in [0.05, 0.1) is 19.3 Å². The van der Waals surface area contributed by atoms with Gasteiger partial charge in [0.2, 0.25) is 0 Å². The number of urea groups is 1. The van der Waals surface area contributed by atoms with Crippen molar-refractivity contribution in [3.8, 4) is 0 Å². The number of alkyl halides is 2. The molecule has 114 valence electrons. The fraction of sp³-hybridized carbons (Fsp3) is 0.923. The summed E-state index contributed by atoms with van der Waals surface area (Å²) in [6, 6.07) is -0.352. The number of nitrogens with one attached hydrogen (secondary N) is 1. The molecular formula is C13H20F2N2O3. The molecule has 3 atom stereocenters. The Hall–Kier alpha value is -0.950. The maximum atomic E-state index is 13.4. The van der Waals surface area contributed by atoms with Crippen molar-refractivity contribution in [1.29, 1.82) is 0 Å². The van der Waals surface area contributed by atoms with Crippen LogP contribution < -0.4 is 5.32 Å². The SMILES string of the molecule is O=C(NC1CC2OCCCC12)N1CCOCC(F)(F)C1. The Morgan fingerprint density at radius 3 is 3.00 bits per heavy atom. The van der Waals surface area contributed by atoms with Gasteiger partial charge in [-0.05, 0) is 19.3 Å². The molecule has 3 fully saturated rings. The van der Waals surface area contributed by atoms with Gasteiger partial charge < -0.3 is 19.7 Å². The molecular weight excluding hydrogens is 270 g/mol. The van der Waals surface area contributed by atoms with Crippen molar-refractivity contribution in [2.45, 2.75) is 37.3 Å². The molecule has 7 heteroatoms. The Bertz CT molecular complexity index is 381. The fourth-order valence-corrected chi connectivity index (χ4v) is 3.18. The van der Waals surface area contributed by atoms with Gasteiger partial charge in [-0.25, -0.2) is 13.6 Å². The zero-order valence-corrected chi connectivity index (χ0v) is 11.3. The maximum absolute atomic E-state index is 13.4. The summed E-state index contributed by atoms with van der Waals surface area (Å²) >= 11 is 0. The number of hydrogen-bond acceptors (Lipinski definition) is 3. The molecule has 2 aliphatic heterocycles. The van der Waals surface area contributed by atoms with Crippen LogP contribution in [0.25, 0.3) is 0 Å². The molecule has 1 N–H and O–H groups in total. The molecule has 2 amide bonds. The second kappa shape index (κ2) is 5.44. The van der Waals surface area contributed by atoms with E-state index in [1.54, 1.807) is 0 Å². The highest BCUT2D eigenvalue weighted by Gasteiger charge is 2.45. The van der Waals surface area contributed by atoms with Crippen molar-refractivity contribution in [2.75, 3.05) is 32.9 Å². The lowest BCUT2D eigenvalue weighted by atomic mass is 9.72. The standard InChI is InChI=1S/C13H20F2N2O3/c14-13(15)7-17(3-5-19-8-13)12(18)16-10-6-11-9(10)2-1-4-20-11/h9-11H,1-8H2,(H,16,18). The van der Waals surface area contributed by atoms with Gasteiger partial charge >= 0.3 is 6.03 Å². The van der Waals surface area contributed by atoms with Crippen LogP contribution in [0.15, 0.2) is 0 Å². The minimum Gasteiger partial charge on any atom is -0.378 e. The van der Waals surface area contributed by atoms with Crippen LogP contribution in [0.1, 0.15) is 19.3 Å². The normalized spacial score (nSPS) is 36.5. The van der Waals surface area contributed by atoms with Crippen LogP contribution in [-0.4, -0.2) is 61.9 Å². The molecule has 0 aromatic rings. The summed E-state index contributed by atoms with van der Waals surface area (Å²) in [6.45, 7) is -0.0337. The predicted octanol–water partition coefficient (Wildman–Crippen LogP) is 1.23. The van der Waals surface area contributed by atoms with Crippen LogP contribution in [0.5, 0.6) is 0 Å². The largest absolute Gasteiger partial charge is 0.378 e. The fourth-order valence-electron chi connectivity index (χ4n) is 3.18. The molecule has 0 radical (unpaired) electrons. The van der Waals surface area contributed by atoms with E-state index in [0.29, 0.717) is 5.92 Å². The predicted molar refractivity (Wildman–Crippen MR) is 66.7 cm³/mol. The summed E-state index contributed by atoms with van der Waals surface area (Å²) in [5.41, 5.74) is 0. The van der Waals surface area contributed by atoms with Crippen LogP contribution >= 0.6 is 0 Å². The van der Waals surface area contributed by atoms with Gasteiger partial charge in [0.25, 0.3) is 5.92 Å². The molecule has 1 aliphatic carbocycles. The summed E-state index contributed by atoms with van der Waals surface area (Å²) in [4.78, 5) is 13.3. The van der Waals surface area contributed by atoms with Crippen LogP contribution in [0, 0.1) is 5.92 Å². The van der Waals surface area contributed by atoms with Crippen molar-refractivity contribution in [2.24, 2.45) is 5.92 Å². The second-order valence-electron chi connectivity index (χ2n) is 5.84. The van der Waals surface area contributed by atoms with Crippen molar-refractivity contribution >= 4 is 6.03 Å². The minimum atomic E-state index is -2.97. The Morgan fingerprint density at radius 2 is 2.20 bits per heavy atom. The maximum Gasteiger partial charge on any atom is 0.317 e. The summed E-state index contributed by atoms with van der Waals surface area (Å²) in [5.74, 6) is -2.62. The first kappa shape index (κ1) is 14.0. The molecule has 0 aromatic carbocycles. The van der Waals surface area contributed by atoms with E-state index in [0.717, 1.165) is 30.8 Å². The van der Waals surface area contributed by atoms with E-state index in [9.17, 15) is 13.6 Å². The van der Waals surface area contributed by atoms with Crippen molar-refractivity contribution in [3.63, 3.8) is 0 Å². The lowest BCUT2D eigenvalue weighted by Crippen LogP contribution is -2.60. The highest BCUT2D eigenvalue weighted by molar-refractivity contribution is 5.74. The number of hydrogen-bond donors (Lipinski definition) is 1. The number of carbonyl (C=O) groups excluding carboxylic acids is 1. The molecule has 0 bridgehead atoms. The molecule has 2 saturated heterocycles. The van der Waals surface area contributed by atoms with E-state index < -0.39 is 25.1 Å². The zero-order chi connectivity index (χ0) is 14.2. The molecule has 3 unspecified atom stereocenters. The molecule has 5 nitrogen and oxygen atoms in total. The summed E-state index contributed by atoms with van der Waals surface area (Å²) in [5, 5.41) is 2.87. The Labute approximate surface area is 116 Å². The third-order valence-corrected chi connectivity index (χ3v) is 4.33. The summed E-state index contributed by atoms with van der Waals surface area (Å²) in [7, 11) is 0. The van der Waals surface area contributed by atoms with Crippen molar-refractivity contribution < 1.29 is 23.0 Å². The smallest absolute Gasteiger partial charge is 0.317 e. The van der Waals surface area contributed by atoms with Crippen molar-refractivity contribution in [1.82, 2.24) is 10.2 Å². The van der Waals surface area contributed by atoms with Crippen LogP contribution in [-0.2, 0) is 9.47 Å². The first-order chi connectivity index (χ1) is 9.55. The van der Waals surface area contributed by atoms with Crippen LogP contribution in [0.4, 0.5) is 13.6 Å². The third kappa shape index (κ3) is 2.88. The Morgan fingerprint density at radius 1 is 1.35 bits per heavy atom. The third-order valence-electron chi connectivity index (χ3n) is 4.33. The quantitative estimate of drug-likeness (QED) is 0.790. The minimum absolute atomic E-state index is 0.0607. The Balaban J connectivity index is 1.53. The van der Waals surface area contributed by atoms with E-state index in [1.165, 1.54) is 0 Å². The number of rotatable bonds is 1. The second-order valence-corrected chi connectivity index (χ2v) is 5.84. The zero-order valence-electron chi connectivity index (χ0n) is 11.3. The van der Waals surface area contributed by atoms with Gasteiger partial charge in [0.1, 0.15) is 6.61 Å². The first-order valence-corrected chi connectivity index (χ1v) is 7.18. The van der Waals surface area contributed by atoms with Crippen LogP contribution in [0.3, 0.4) is 0 Å². The summed E-state index contributed by atoms with van der Waals surface area (Å²) in [6.07, 6.45) is 3.07. The van der Waals surface area contributed by atoms with E-state index in [1.807, 2.05) is 0 Å². The molecule has 20 heavy (non-hydrogen) atoms. The molecule has 1 saturated carbocycles. The van der Waals surface area contributed by atoms with Gasteiger partial charge in [-0.15, -0.1) is 0 Å². The lowest BCUT2D eigenvalue weighted by Gasteiger charge is -2.47. The molecule has 0 spiro atoms. The average molecular weight is 290 g/mol. The topological polar surface area (TPSA) is 50.8 Å².